The predicted molar refractivity (Wildman–Crippen MR) is 74.1 cm³/mol. The van der Waals surface area contributed by atoms with Crippen LogP contribution in [0.25, 0.3) is 10.2 Å². The molecule has 4 nitrogen and oxygen atoms in total. The Morgan fingerprint density at radius 1 is 1.22 bits per heavy atom. The number of anilines is 1. The quantitative estimate of drug-likeness (QED) is 0.781. The van der Waals surface area contributed by atoms with Gasteiger partial charge in [0.1, 0.15) is 5.52 Å². The van der Waals surface area contributed by atoms with E-state index in [0.29, 0.717) is 0 Å². The minimum absolute atomic E-state index is 0.833. The molecule has 2 aromatic heterocycles. The van der Waals surface area contributed by atoms with Gasteiger partial charge in [-0.1, -0.05) is 11.3 Å². The lowest BCUT2D eigenvalue weighted by atomic mass is 10.0. The van der Waals surface area contributed by atoms with Crippen LogP contribution in [-0.2, 0) is 0 Å². The number of pyridine rings is 1. The monoisotopic (exact) mass is 260 g/mol. The number of likely N-dealkylation sites (tertiary alicyclic amines) is 1. The van der Waals surface area contributed by atoms with Gasteiger partial charge in [0.15, 0.2) is 5.13 Å². The second-order valence-electron chi connectivity index (χ2n) is 5.49. The highest BCUT2D eigenvalue weighted by Crippen LogP contribution is 2.36. The van der Waals surface area contributed by atoms with E-state index in [2.05, 4.69) is 27.9 Å². The standard InChI is InChI=1S/C13H16N4S/c1-16-5-9-7-17(8-10(9)6-16)13-15-11-4-14-3-2-12(11)18-13/h2-4,9-10H,5-8H2,1H3. The Morgan fingerprint density at radius 3 is 2.72 bits per heavy atom. The molecule has 2 unspecified atom stereocenters. The third-order valence-electron chi connectivity index (χ3n) is 4.12. The normalized spacial score (nSPS) is 28.2. The first-order valence-corrected chi connectivity index (χ1v) is 7.25. The largest absolute Gasteiger partial charge is 0.347 e. The zero-order chi connectivity index (χ0) is 12.1. The maximum Gasteiger partial charge on any atom is 0.186 e. The summed E-state index contributed by atoms with van der Waals surface area (Å²) in [6.07, 6.45) is 3.71. The maximum absolute atomic E-state index is 4.71. The van der Waals surface area contributed by atoms with Crippen LogP contribution < -0.4 is 4.90 Å². The molecule has 0 radical (unpaired) electrons. The van der Waals surface area contributed by atoms with Crippen LogP contribution in [0.1, 0.15) is 0 Å². The molecule has 2 aliphatic heterocycles. The Hall–Kier alpha value is -1.20. The fourth-order valence-corrected chi connectivity index (χ4v) is 4.24. The molecule has 4 rings (SSSR count). The number of rotatable bonds is 1. The van der Waals surface area contributed by atoms with Crippen LogP contribution in [-0.4, -0.2) is 48.1 Å². The van der Waals surface area contributed by atoms with E-state index in [9.17, 15) is 0 Å². The van der Waals surface area contributed by atoms with Crippen molar-refractivity contribution < 1.29 is 0 Å². The second-order valence-corrected chi connectivity index (χ2v) is 6.50. The van der Waals surface area contributed by atoms with E-state index >= 15 is 0 Å². The Bertz CT molecular complexity index is 534. The Balaban J connectivity index is 1.61. The fraction of sp³-hybridized carbons (Fsp3) is 0.538. The lowest BCUT2D eigenvalue weighted by Crippen LogP contribution is -2.26. The predicted octanol–water partition coefficient (Wildman–Crippen LogP) is 1.69. The molecule has 0 N–H and O–H groups in total. The van der Waals surface area contributed by atoms with Gasteiger partial charge in [0.2, 0.25) is 0 Å². The van der Waals surface area contributed by atoms with E-state index in [1.807, 2.05) is 12.4 Å². The molecule has 94 valence electrons. The molecule has 2 aliphatic rings. The van der Waals surface area contributed by atoms with Crippen molar-refractivity contribution in [2.75, 3.05) is 38.1 Å². The molecule has 4 heterocycles. The highest BCUT2D eigenvalue weighted by Gasteiger charge is 2.39. The first kappa shape index (κ1) is 10.7. The maximum atomic E-state index is 4.71. The van der Waals surface area contributed by atoms with E-state index in [0.717, 1.165) is 17.4 Å². The van der Waals surface area contributed by atoms with Gasteiger partial charge in [-0.2, -0.15) is 0 Å². The third kappa shape index (κ3) is 1.61. The topological polar surface area (TPSA) is 32.3 Å². The van der Waals surface area contributed by atoms with Gasteiger partial charge in [-0.05, 0) is 24.9 Å². The highest BCUT2D eigenvalue weighted by molar-refractivity contribution is 7.22. The summed E-state index contributed by atoms with van der Waals surface area (Å²) in [4.78, 5) is 13.8. The van der Waals surface area contributed by atoms with Gasteiger partial charge in [0.05, 0.1) is 10.9 Å². The summed E-state index contributed by atoms with van der Waals surface area (Å²) in [6.45, 7) is 4.83. The van der Waals surface area contributed by atoms with Crippen molar-refractivity contribution >= 4 is 26.7 Å². The van der Waals surface area contributed by atoms with E-state index in [1.54, 1.807) is 11.3 Å². The Labute approximate surface area is 110 Å². The molecule has 2 atom stereocenters. The van der Waals surface area contributed by atoms with Gasteiger partial charge in [-0.3, -0.25) is 4.98 Å². The number of hydrogen-bond donors (Lipinski definition) is 0. The van der Waals surface area contributed by atoms with Crippen molar-refractivity contribution in [3.63, 3.8) is 0 Å². The van der Waals surface area contributed by atoms with Crippen molar-refractivity contribution in [3.8, 4) is 0 Å². The van der Waals surface area contributed by atoms with Crippen LogP contribution in [0.15, 0.2) is 18.5 Å². The highest BCUT2D eigenvalue weighted by atomic mass is 32.1. The molecule has 0 saturated carbocycles. The van der Waals surface area contributed by atoms with E-state index in [4.69, 9.17) is 4.98 Å². The molecule has 0 spiro atoms. The summed E-state index contributed by atoms with van der Waals surface area (Å²) < 4.78 is 1.24. The lowest BCUT2D eigenvalue weighted by molar-refractivity contribution is 0.387. The molecule has 0 amide bonds. The molecule has 0 aromatic carbocycles. The zero-order valence-corrected chi connectivity index (χ0v) is 11.2. The summed E-state index contributed by atoms with van der Waals surface area (Å²) in [7, 11) is 2.23. The SMILES string of the molecule is CN1CC2CN(c3nc4cnccc4s3)CC2C1. The van der Waals surface area contributed by atoms with Gasteiger partial charge >= 0.3 is 0 Å². The molecular formula is C13H16N4S. The summed E-state index contributed by atoms with van der Waals surface area (Å²) >= 11 is 1.80. The minimum Gasteiger partial charge on any atom is -0.347 e. The molecule has 0 bridgehead atoms. The third-order valence-corrected chi connectivity index (χ3v) is 5.22. The number of hydrogen-bond acceptors (Lipinski definition) is 5. The summed E-state index contributed by atoms with van der Waals surface area (Å²) in [5, 5.41) is 1.18. The zero-order valence-electron chi connectivity index (χ0n) is 10.4. The van der Waals surface area contributed by atoms with Gasteiger partial charge in [-0.15, -0.1) is 0 Å². The van der Waals surface area contributed by atoms with Gasteiger partial charge in [-0.25, -0.2) is 4.98 Å². The summed E-state index contributed by atoms with van der Waals surface area (Å²) in [5.41, 5.74) is 1.03. The molecule has 2 fully saturated rings. The van der Waals surface area contributed by atoms with Crippen LogP contribution in [0, 0.1) is 11.8 Å². The number of fused-ring (bicyclic) bond motifs is 2. The van der Waals surface area contributed by atoms with Crippen LogP contribution in [0.3, 0.4) is 0 Å². The number of aromatic nitrogens is 2. The first-order valence-electron chi connectivity index (χ1n) is 6.43. The summed E-state index contributed by atoms with van der Waals surface area (Å²) in [6, 6.07) is 2.06. The fourth-order valence-electron chi connectivity index (χ4n) is 3.29. The van der Waals surface area contributed by atoms with Crippen molar-refractivity contribution in [3.05, 3.63) is 18.5 Å². The van der Waals surface area contributed by atoms with Crippen molar-refractivity contribution in [2.24, 2.45) is 11.8 Å². The Kier molecular flexibility index (Phi) is 2.32. The number of thiazole rings is 1. The molecule has 5 heteroatoms. The van der Waals surface area contributed by atoms with E-state index < -0.39 is 0 Å². The van der Waals surface area contributed by atoms with E-state index in [1.165, 1.54) is 36.0 Å². The first-order chi connectivity index (χ1) is 8.79. The van der Waals surface area contributed by atoms with Crippen LogP contribution in [0.5, 0.6) is 0 Å². The van der Waals surface area contributed by atoms with Crippen molar-refractivity contribution in [2.45, 2.75) is 0 Å². The summed E-state index contributed by atoms with van der Waals surface area (Å²) in [5.74, 6) is 1.67. The van der Waals surface area contributed by atoms with E-state index in [-0.39, 0.29) is 0 Å². The molecule has 18 heavy (non-hydrogen) atoms. The van der Waals surface area contributed by atoms with Crippen LogP contribution in [0.4, 0.5) is 5.13 Å². The van der Waals surface area contributed by atoms with Gasteiger partial charge in [0.25, 0.3) is 0 Å². The van der Waals surface area contributed by atoms with Gasteiger partial charge in [0, 0.05) is 32.4 Å². The molecule has 2 aromatic rings. The molecule has 2 saturated heterocycles. The van der Waals surface area contributed by atoms with Gasteiger partial charge < -0.3 is 9.80 Å². The average Bonchev–Trinajstić information content (AvgIpc) is 2.98. The lowest BCUT2D eigenvalue weighted by Gasteiger charge is -2.17. The molecular weight excluding hydrogens is 244 g/mol. The smallest absolute Gasteiger partial charge is 0.186 e. The number of nitrogens with zero attached hydrogens (tertiary/aromatic N) is 4. The van der Waals surface area contributed by atoms with Crippen LogP contribution >= 0.6 is 11.3 Å². The minimum atomic E-state index is 0.833. The second kappa shape index (κ2) is 3.90. The van der Waals surface area contributed by atoms with Crippen molar-refractivity contribution in [1.82, 2.24) is 14.9 Å². The van der Waals surface area contributed by atoms with Crippen molar-refractivity contribution in [1.29, 1.82) is 0 Å². The molecule has 0 aliphatic carbocycles. The van der Waals surface area contributed by atoms with Crippen LogP contribution in [0.2, 0.25) is 0 Å². The Morgan fingerprint density at radius 2 is 2.00 bits per heavy atom. The average molecular weight is 260 g/mol.